The number of hydrogen-bond donors (Lipinski definition) is 2. The number of rotatable bonds is 4. The van der Waals surface area contributed by atoms with Crippen LogP contribution in [-0.2, 0) is 6.54 Å². The normalized spacial score (nSPS) is 10.2. The lowest BCUT2D eigenvalue weighted by atomic mass is 10.4. The van der Waals surface area contributed by atoms with Crippen molar-refractivity contribution in [2.24, 2.45) is 0 Å². The number of aromatic nitrogens is 3. The molecular weight excluding hydrogens is 240 g/mol. The Morgan fingerprint density at radius 1 is 1.53 bits per heavy atom. The number of hydrogen-bond acceptors (Lipinski definition) is 6. The molecule has 0 unspecified atom stereocenters. The van der Waals surface area contributed by atoms with Crippen molar-refractivity contribution in [3.63, 3.8) is 0 Å². The Labute approximate surface area is 101 Å². The van der Waals surface area contributed by atoms with E-state index in [4.69, 9.17) is 5.11 Å². The van der Waals surface area contributed by atoms with Gasteiger partial charge in [-0.3, -0.25) is 0 Å². The molecule has 2 heterocycles. The van der Waals surface area contributed by atoms with E-state index in [1.54, 1.807) is 11.3 Å². The van der Waals surface area contributed by atoms with Crippen molar-refractivity contribution in [1.82, 2.24) is 15.0 Å². The first-order valence-electron chi connectivity index (χ1n) is 4.86. The molecule has 0 aliphatic rings. The third kappa shape index (κ3) is 2.97. The van der Waals surface area contributed by atoms with E-state index >= 15 is 0 Å². The van der Waals surface area contributed by atoms with Crippen LogP contribution in [0, 0.1) is 6.92 Å². The van der Waals surface area contributed by atoms with E-state index in [1.165, 1.54) is 12.3 Å². The topological polar surface area (TPSA) is 88.0 Å². The molecule has 0 amide bonds. The summed E-state index contributed by atoms with van der Waals surface area (Å²) < 4.78 is 0. The van der Waals surface area contributed by atoms with E-state index in [0.717, 1.165) is 10.7 Å². The zero-order chi connectivity index (χ0) is 12.3. The molecule has 0 aliphatic carbocycles. The number of thiazole rings is 1. The van der Waals surface area contributed by atoms with Crippen LogP contribution in [-0.4, -0.2) is 26.0 Å². The van der Waals surface area contributed by atoms with Crippen LogP contribution in [0.15, 0.2) is 17.6 Å². The van der Waals surface area contributed by atoms with Crippen LogP contribution < -0.4 is 5.32 Å². The molecule has 0 fully saturated rings. The molecule has 0 aliphatic heterocycles. The van der Waals surface area contributed by atoms with Gasteiger partial charge >= 0.3 is 5.97 Å². The van der Waals surface area contributed by atoms with E-state index < -0.39 is 5.97 Å². The van der Waals surface area contributed by atoms with Crippen LogP contribution in [0.4, 0.5) is 5.95 Å². The Balaban J connectivity index is 2.04. The van der Waals surface area contributed by atoms with E-state index in [2.05, 4.69) is 20.3 Å². The van der Waals surface area contributed by atoms with Crippen molar-refractivity contribution in [3.05, 3.63) is 34.0 Å². The molecule has 0 bridgehead atoms. The van der Waals surface area contributed by atoms with Gasteiger partial charge in [-0.15, -0.1) is 11.3 Å². The van der Waals surface area contributed by atoms with Gasteiger partial charge in [-0.2, -0.15) is 0 Å². The number of carboxylic acids is 1. The highest BCUT2D eigenvalue weighted by Gasteiger charge is 2.06. The summed E-state index contributed by atoms with van der Waals surface area (Å²) in [5.41, 5.74) is 0.855. The maximum absolute atomic E-state index is 10.7. The predicted octanol–water partition coefficient (Wildman–Crippen LogP) is 1.55. The summed E-state index contributed by atoms with van der Waals surface area (Å²) in [4.78, 5) is 22.8. The summed E-state index contributed by atoms with van der Waals surface area (Å²) in [5, 5.41) is 14.6. The molecule has 2 aromatic heterocycles. The minimum Gasteiger partial charge on any atom is -0.477 e. The van der Waals surface area contributed by atoms with Gasteiger partial charge in [0.05, 0.1) is 17.2 Å². The van der Waals surface area contributed by atoms with Gasteiger partial charge in [0.1, 0.15) is 0 Å². The Kier molecular flexibility index (Phi) is 3.29. The Bertz CT molecular complexity index is 541. The number of carbonyl (C=O) groups is 1. The number of nitrogens with one attached hydrogen (secondary N) is 1. The molecule has 17 heavy (non-hydrogen) atoms. The van der Waals surface area contributed by atoms with Crippen molar-refractivity contribution < 1.29 is 9.90 Å². The Morgan fingerprint density at radius 3 is 3.00 bits per heavy atom. The second-order valence-corrected chi connectivity index (χ2v) is 4.34. The first-order chi connectivity index (χ1) is 8.15. The molecule has 7 heteroatoms. The third-order valence-corrected chi connectivity index (χ3v) is 2.79. The van der Waals surface area contributed by atoms with Gasteiger partial charge in [0, 0.05) is 11.6 Å². The molecule has 0 atom stereocenters. The Hall–Kier alpha value is -2.02. The molecule has 0 spiro atoms. The lowest BCUT2D eigenvalue weighted by Crippen LogP contribution is -2.07. The SMILES string of the molecule is Cc1nc(CNc2nccc(C(=O)O)n2)cs1. The first-order valence-corrected chi connectivity index (χ1v) is 5.74. The summed E-state index contributed by atoms with van der Waals surface area (Å²) in [6.07, 6.45) is 1.41. The molecule has 0 saturated carbocycles. The number of anilines is 1. The lowest BCUT2D eigenvalue weighted by Gasteiger charge is -2.02. The third-order valence-electron chi connectivity index (χ3n) is 1.97. The standard InChI is InChI=1S/C10H10N4O2S/c1-6-13-7(5-17-6)4-12-10-11-3-2-8(14-10)9(15)16/h2-3,5H,4H2,1H3,(H,15,16)(H,11,12,14). The largest absolute Gasteiger partial charge is 0.477 e. The molecule has 88 valence electrons. The van der Waals surface area contributed by atoms with Crippen LogP contribution in [0.2, 0.25) is 0 Å². The summed E-state index contributed by atoms with van der Waals surface area (Å²) in [5.74, 6) is -0.782. The summed E-state index contributed by atoms with van der Waals surface area (Å²) in [6.45, 7) is 2.41. The van der Waals surface area contributed by atoms with E-state index in [9.17, 15) is 4.79 Å². The summed E-state index contributed by atoms with van der Waals surface area (Å²) in [7, 11) is 0. The van der Waals surface area contributed by atoms with Gasteiger partial charge in [0.2, 0.25) is 5.95 Å². The highest BCUT2D eigenvalue weighted by atomic mass is 32.1. The van der Waals surface area contributed by atoms with Crippen LogP contribution in [0.5, 0.6) is 0 Å². The zero-order valence-corrected chi connectivity index (χ0v) is 9.86. The van der Waals surface area contributed by atoms with Gasteiger partial charge in [-0.1, -0.05) is 0 Å². The predicted molar refractivity (Wildman–Crippen MR) is 63.2 cm³/mol. The van der Waals surface area contributed by atoms with Crippen molar-refractivity contribution in [2.45, 2.75) is 13.5 Å². The highest BCUT2D eigenvalue weighted by molar-refractivity contribution is 7.09. The highest BCUT2D eigenvalue weighted by Crippen LogP contribution is 2.09. The smallest absolute Gasteiger partial charge is 0.354 e. The molecule has 6 nitrogen and oxygen atoms in total. The van der Waals surface area contributed by atoms with E-state index in [-0.39, 0.29) is 11.6 Å². The molecule has 0 aromatic carbocycles. The minimum atomic E-state index is -1.07. The average Bonchev–Trinajstić information content (AvgIpc) is 2.73. The van der Waals surface area contributed by atoms with Crippen LogP contribution >= 0.6 is 11.3 Å². The second kappa shape index (κ2) is 4.88. The fraction of sp³-hybridized carbons (Fsp3) is 0.200. The van der Waals surface area contributed by atoms with Gasteiger partial charge in [0.25, 0.3) is 0 Å². The molecule has 0 saturated heterocycles. The number of aryl methyl sites for hydroxylation is 1. The van der Waals surface area contributed by atoms with Gasteiger partial charge in [0.15, 0.2) is 5.69 Å². The maximum Gasteiger partial charge on any atom is 0.354 e. The van der Waals surface area contributed by atoms with Gasteiger partial charge in [-0.05, 0) is 13.0 Å². The van der Waals surface area contributed by atoms with Gasteiger partial charge in [-0.25, -0.2) is 19.7 Å². The Morgan fingerprint density at radius 2 is 2.35 bits per heavy atom. The summed E-state index contributed by atoms with van der Waals surface area (Å²) >= 11 is 1.56. The second-order valence-electron chi connectivity index (χ2n) is 3.28. The van der Waals surface area contributed by atoms with E-state index in [0.29, 0.717) is 6.54 Å². The molecule has 2 aromatic rings. The van der Waals surface area contributed by atoms with Crippen molar-refractivity contribution in [3.8, 4) is 0 Å². The molecule has 2 rings (SSSR count). The fourth-order valence-electron chi connectivity index (χ4n) is 1.22. The molecular formula is C10H10N4O2S. The molecule has 0 radical (unpaired) electrons. The van der Waals surface area contributed by atoms with E-state index in [1.807, 2.05) is 12.3 Å². The lowest BCUT2D eigenvalue weighted by molar-refractivity contribution is 0.0690. The first kappa shape index (κ1) is 11.5. The number of carboxylic acid groups (broad SMARTS) is 1. The van der Waals surface area contributed by atoms with Gasteiger partial charge < -0.3 is 10.4 Å². The zero-order valence-electron chi connectivity index (χ0n) is 9.04. The van der Waals surface area contributed by atoms with Crippen molar-refractivity contribution in [1.29, 1.82) is 0 Å². The van der Waals surface area contributed by atoms with Crippen molar-refractivity contribution in [2.75, 3.05) is 5.32 Å². The maximum atomic E-state index is 10.7. The quantitative estimate of drug-likeness (QED) is 0.856. The summed E-state index contributed by atoms with van der Waals surface area (Å²) in [6, 6.07) is 1.35. The van der Waals surface area contributed by atoms with Crippen LogP contribution in [0.25, 0.3) is 0 Å². The monoisotopic (exact) mass is 250 g/mol. The fourth-order valence-corrected chi connectivity index (χ4v) is 1.83. The van der Waals surface area contributed by atoms with Crippen molar-refractivity contribution >= 4 is 23.3 Å². The number of nitrogens with zero attached hydrogens (tertiary/aromatic N) is 3. The number of aromatic carboxylic acids is 1. The minimum absolute atomic E-state index is 0.0306. The average molecular weight is 250 g/mol. The van der Waals surface area contributed by atoms with Crippen LogP contribution in [0.3, 0.4) is 0 Å². The molecule has 2 N–H and O–H groups in total. The van der Waals surface area contributed by atoms with Crippen LogP contribution in [0.1, 0.15) is 21.2 Å².